The molecule has 1 unspecified atom stereocenters. The molecule has 3 fully saturated rings. The molecule has 0 aliphatic heterocycles. The van der Waals surface area contributed by atoms with Crippen LogP contribution < -0.4 is 0 Å². The van der Waals surface area contributed by atoms with Gasteiger partial charge in [-0.3, -0.25) is 9.59 Å². The predicted molar refractivity (Wildman–Crippen MR) is 96.7 cm³/mol. The molecule has 1 N–H and O–H groups in total. The van der Waals surface area contributed by atoms with Crippen molar-refractivity contribution in [3.8, 4) is 6.07 Å². The number of carbonyl (C=O) groups is 2. The molecule has 4 heteroatoms. The molecular weight excluding hydrogens is 326 g/mol. The molecule has 4 aliphatic rings. The number of aliphatic hydroxyl groups excluding tert-OH is 1. The number of fused-ring (bicyclic) bond motifs is 5. The number of nitrogens with zero attached hydrogens (tertiary/aromatic N) is 1. The number of Topliss-reactive ketones (excluding diaryl/α,β-unsaturated/α-hetero) is 1. The largest absolute Gasteiger partial charge is 0.393 e. The molecule has 4 aliphatic carbocycles. The summed E-state index contributed by atoms with van der Waals surface area (Å²) in [6, 6.07) is 2.01. The van der Waals surface area contributed by atoms with E-state index in [9.17, 15) is 14.7 Å². The minimum Gasteiger partial charge on any atom is -0.393 e. The molecule has 0 saturated heterocycles. The predicted octanol–water partition coefficient (Wildman–Crippen LogP) is 3.36. The highest BCUT2D eigenvalue weighted by Gasteiger charge is 2.62. The fourth-order valence-corrected chi connectivity index (χ4v) is 7.06. The van der Waals surface area contributed by atoms with E-state index in [1.54, 1.807) is 12.2 Å². The lowest BCUT2D eigenvalue weighted by molar-refractivity contribution is -0.138. The maximum absolute atomic E-state index is 12.5. The van der Waals surface area contributed by atoms with Gasteiger partial charge in [-0.1, -0.05) is 25.5 Å². The van der Waals surface area contributed by atoms with Gasteiger partial charge in [0.1, 0.15) is 0 Å². The number of ketones is 2. The molecule has 3 saturated carbocycles. The van der Waals surface area contributed by atoms with E-state index in [1.807, 2.05) is 12.1 Å². The number of rotatable bonds is 2. The Morgan fingerprint density at radius 2 is 2.12 bits per heavy atom. The molecule has 7 atom stereocenters. The summed E-state index contributed by atoms with van der Waals surface area (Å²) in [7, 11) is 0. The normalized spacial score (nSPS) is 46.6. The van der Waals surface area contributed by atoms with Crippen LogP contribution in [0.4, 0.5) is 0 Å². The van der Waals surface area contributed by atoms with Gasteiger partial charge in [-0.15, -0.1) is 0 Å². The molecule has 0 bridgehead atoms. The highest BCUT2D eigenvalue weighted by Crippen LogP contribution is 2.66. The van der Waals surface area contributed by atoms with Gasteiger partial charge >= 0.3 is 0 Å². The highest BCUT2D eigenvalue weighted by molar-refractivity contribution is 6.01. The van der Waals surface area contributed by atoms with Crippen molar-refractivity contribution >= 4 is 11.6 Å². The second kappa shape index (κ2) is 5.89. The molecule has 4 rings (SSSR count). The summed E-state index contributed by atoms with van der Waals surface area (Å²) >= 11 is 0. The van der Waals surface area contributed by atoms with Gasteiger partial charge in [0.05, 0.1) is 18.6 Å². The maximum atomic E-state index is 12.5. The van der Waals surface area contributed by atoms with E-state index in [0.717, 1.165) is 31.3 Å². The van der Waals surface area contributed by atoms with Gasteiger partial charge in [0, 0.05) is 17.3 Å². The van der Waals surface area contributed by atoms with E-state index >= 15 is 0 Å². The summed E-state index contributed by atoms with van der Waals surface area (Å²) in [5.74, 6) is 0.880. The standard InChI is InChI=1S/C22H27NO3/c1-21-9-7-14(24)11-13(21)3-4-15-16-5-6-17(18(25)8-10-23)22(16,2)12-19(26)20(15)21/h7,9,11,15-17,19-20,26H,3-6,8,12H2,1-2H3/t15-,16-,17+,19?,20+,21-,22-/m0/s1. The zero-order valence-electron chi connectivity index (χ0n) is 15.6. The van der Waals surface area contributed by atoms with Gasteiger partial charge in [0.25, 0.3) is 0 Å². The van der Waals surface area contributed by atoms with Crippen molar-refractivity contribution in [2.45, 2.75) is 58.5 Å². The molecule has 0 heterocycles. The maximum Gasteiger partial charge on any atom is 0.178 e. The molecule has 0 radical (unpaired) electrons. The Labute approximate surface area is 155 Å². The lowest BCUT2D eigenvalue weighted by atomic mass is 9.46. The Morgan fingerprint density at radius 3 is 2.85 bits per heavy atom. The second-order valence-electron chi connectivity index (χ2n) is 9.23. The molecule has 0 aromatic rings. The third-order valence-corrected chi connectivity index (χ3v) is 8.13. The Bertz CT molecular complexity index is 760. The summed E-state index contributed by atoms with van der Waals surface area (Å²) in [6.45, 7) is 4.33. The van der Waals surface area contributed by atoms with Crippen molar-refractivity contribution in [1.82, 2.24) is 0 Å². The SMILES string of the molecule is C[C@]12CC(O)[C@H]3[C@@H](CCC4=CC(=O)C=C[C@@]43C)[C@@H]1CC[C@@H]2C(=O)CC#N. The van der Waals surface area contributed by atoms with E-state index in [4.69, 9.17) is 5.26 Å². The van der Waals surface area contributed by atoms with Crippen LogP contribution in [0.2, 0.25) is 0 Å². The third-order valence-electron chi connectivity index (χ3n) is 8.13. The van der Waals surface area contributed by atoms with Crippen molar-refractivity contribution in [1.29, 1.82) is 5.26 Å². The molecule has 0 amide bonds. The van der Waals surface area contributed by atoms with Gasteiger partial charge < -0.3 is 5.11 Å². The van der Waals surface area contributed by atoms with Gasteiger partial charge in [0.2, 0.25) is 0 Å². The second-order valence-corrected chi connectivity index (χ2v) is 9.23. The van der Waals surface area contributed by atoms with Crippen LogP contribution in [-0.2, 0) is 9.59 Å². The molecule has 0 spiro atoms. The van der Waals surface area contributed by atoms with E-state index in [0.29, 0.717) is 18.3 Å². The van der Waals surface area contributed by atoms with Gasteiger partial charge in [-0.05, 0) is 61.5 Å². The minimum atomic E-state index is -0.483. The first-order chi connectivity index (χ1) is 12.3. The first-order valence-corrected chi connectivity index (χ1v) is 9.83. The number of carbonyl (C=O) groups excluding carboxylic acids is 2. The zero-order valence-corrected chi connectivity index (χ0v) is 15.6. The fourth-order valence-electron chi connectivity index (χ4n) is 7.06. The Kier molecular flexibility index (Phi) is 4.00. The van der Waals surface area contributed by atoms with Crippen LogP contribution in [0.15, 0.2) is 23.8 Å². The third kappa shape index (κ3) is 2.29. The summed E-state index contributed by atoms with van der Waals surface area (Å²) in [4.78, 5) is 24.4. The zero-order chi connectivity index (χ0) is 18.7. The fraction of sp³-hybridized carbons (Fsp3) is 0.682. The van der Waals surface area contributed by atoms with E-state index in [2.05, 4.69) is 13.8 Å². The highest BCUT2D eigenvalue weighted by atomic mass is 16.3. The summed E-state index contributed by atoms with van der Waals surface area (Å²) in [5, 5.41) is 20.1. The van der Waals surface area contributed by atoms with Gasteiger partial charge in [-0.2, -0.15) is 5.26 Å². The van der Waals surface area contributed by atoms with Crippen molar-refractivity contribution in [2.24, 2.45) is 34.5 Å². The van der Waals surface area contributed by atoms with E-state index in [1.165, 1.54) is 0 Å². The van der Waals surface area contributed by atoms with Crippen molar-refractivity contribution in [3.63, 3.8) is 0 Å². The lowest BCUT2D eigenvalue weighted by Crippen LogP contribution is -2.56. The number of hydrogen-bond donors (Lipinski definition) is 1. The minimum absolute atomic E-state index is 0.0212. The van der Waals surface area contributed by atoms with Crippen LogP contribution in [0.1, 0.15) is 52.4 Å². The summed E-state index contributed by atoms with van der Waals surface area (Å²) in [6.07, 6.45) is 9.26. The topological polar surface area (TPSA) is 78.2 Å². The van der Waals surface area contributed by atoms with Crippen LogP contribution in [0, 0.1) is 45.8 Å². The first-order valence-electron chi connectivity index (χ1n) is 9.83. The number of allylic oxidation sites excluding steroid dienone is 4. The lowest BCUT2D eigenvalue weighted by Gasteiger charge is -2.58. The monoisotopic (exact) mass is 353 g/mol. The molecule has 138 valence electrons. The number of aliphatic hydroxyl groups is 1. The van der Waals surface area contributed by atoms with Crippen LogP contribution in [-0.4, -0.2) is 22.8 Å². The molecular formula is C22H27NO3. The average molecular weight is 353 g/mol. The van der Waals surface area contributed by atoms with Crippen LogP contribution in [0.25, 0.3) is 0 Å². The van der Waals surface area contributed by atoms with Crippen LogP contribution in [0.3, 0.4) is 0 Å². The molecule has 4 nitrogen and oxygen atoms in total. The average Bonchev–Trinajstić information content (AvgIpc) is 2.92. The summed E-state index contributed by atoms with van der Waals surface area (Å²) in [5.41, 5.74) is 0.691. The molecule has 0 aromatic heterocycles. The number of nitriles is 1. The van der Waals surface area contributed by atoms with Crippen molar-refractivity contribution in [3.05, 3.63) is 23.8 Å². The van der Waals surface area contributed by atoms with E-state index in [-0.39, 0.29) is 40.7 Å². The quantitative estimate of drug-likeness (QED) is 0.825. The van der Waals surface area contributed by atoms with Crippen molar-refractivity contribution in [2.75, 3.05) is 0 Å². The Hall–Kier alpha value is -1.73. The smallest absolute Gasteiger partial charge is 0.178 e. The van der Waals surface area contributed by atoms with E-state index < -0.39 is 6.10 Å². The van der Waals surface area contributed by atoms with Crippen LogP contribution in [0.5, 0.6) is 0 Å². The molecule has 0 aromatic carbocycles. The molecule has 26 heavy (non-hydrogen) atoms. The van der Waals surface area contributed by atoms with Gasteiger partial charge in [0.15, 0.2) is 11.6 Å². The number of hydrogen-bond acceptors (Lipinski definition) is 4. The summed E-state index contributed by atoms with van der Waals surface area (Å²) < 4.78 is 0. The Morgan fingerprint density at radius 1 is 1.35 bits per heavy atom. The first kappa shape index (κ1) is 17.7. The van der Waals surface area contributed by atoms with Crippen LogP contribution >= 0.6 is 0 Å². The van der Waals surface area contributed by atoms with Gasteiger partial charge in [-0.25, -0.2) is 0 Å². The Balaban J connectivity index is 1.69. The van der Waals surface area contributed by atoms with Crippen molar-refractivity contribution < 1.29 is 14.7 Å².